The lowest BCUT2D eigenvalue weighted by Gasteiger charge is -2.41. The Balaban J connectivity index is 2.16. The minimum Gasteiger partial charge on any atom is -0.396 e. The quantitative estimate of drug-likeness (QED) is 0.815. The maximum Gasteiger partial charge on any atom is 0.276 e. The van der Waals surface area contributed by atoms with E-state index in [2.05, 4.69) is 5.16 Å². The highest BCUT2D eigenvalue weighted by Crippen LogP contribution is 2.34. The Hall–Kier alpha value is -1.44. The molecule has 0 aromatic carbocycles. The number of likely N-dealkylation sites (tertiary alicyclic amines) is 1. The molecular weight excluding hydrogens is 300 g/mol. The first-order chi connectivity index (χ1) is 11.1. The van der Waals surface area contributed by atoms with Crippen LogP contribution in [-0.4, -0.2) is 61.6 Å². The molecule has 23 heavy (non-hydrogen) atoms. The predicted molar refractivity (Wildman–Crippen MR) is 83.1 cm³/mol. The summed E-state index contributed by atoms with van der Waals surface area (Å²) in [6.07, 6.45) is 2.47. The third-order valence-electron chi connectivity index (χ3n) is 4.60. The third kappa shape index (κ3) is 3.91. The topological polar surface area (TPSA) is 85.0 Å². The first-order valence-corrected chi connectivity index (χ1v) is 7.90. The second-order valence-electron chi connectivity index (χ2n) is 6.23. The van der Waals surface area contributed by atoms with Gasteiger partial charge in [-0.25, -0.2) is 0 Å². The second kappa shape index (κ2) is 7.90. The number of hydrogen-bond acceptors (Lipinski definition) is 6. The van der Waals surface area contributed by atoms with Crippen LogP contribution < -0.4 is 0 Å². The second-order valence-corrected chi connectivity index (χ2v) is 6.23. The van der Waals surface area contributed by atoms with Crippen LogP contribution >= 0.6 is 0 Å². The Kier molecular flexibility index (Phi) is 6.15. The lowest BCUT2D eigenvalue weighted by molar-refractivity contribution is 0.00845. The largest absolute Gasteiger partial charge is 0.396 e. The van der Waals surface area contributed by atoms with Crippen molar-refractivity contribution < 1.29 is 23.9 Å². The minimum atomic E-state index is -0.301. The maximum absolute atomic E-state index is 12.8. The van der Waals surface area contributed by atoms with E-state index in [1.165, 1.54) is 0 Å². The molecule has 0 bridgehead atoms. The standard InChI is InChI=1S/C16H26N2O5/c1-12-13(9-22-3)14(17-23-12)15(20)18-7-4-5-16(10-18,11-19)6-8-21-2/h19H,4-11H2,1-3H3/t16-/m1/s1. The Morgan fingerprint density at radius 2 is 2.22 bits per heavy atom. The average Bonchev–Trinajstić information content (AvgIpc) is 2.94. The van der Waals surface area contributed by atoms with Gasteiger partial charge in [0.05, 0.1) is 18.8 Å². The van der Waals surface area contributed by atoms with Crippen LogP contribution in [0.15, 0.2) is 4.52 Å². The molecule has 1 N–H and O–H groups in total. The maximum atomic E-state index is 12.8. The summed E-state index contributed by atoms with van der Waals surface area (Å²) < 4.78 is 15.4. The Morgan fingerprint density at radius 3 is 2.87 bits per heavy atom. The van der Waals surface area contributed by atoms with Crippen LogP contribution in [0.3, 0.4) is 0 Å². The number of hydrogen-bond donors (Lipinski definition) is 1. The number of ether oxygens (including phenoxy) is 2. The number of carbonyl (C=O) groups is 1. The third-order valence-corrected chi connectivity index (χ3v) is 4.60. The fourth-order valence-electron chi connectivity index (χ4n) is 3.14. The molecule has 0 aliphatic carbocycles. The van der Waals surface area contributed by atoms with E-state index in [-0.39, 0.29) is 17.9 Å². The lowest BCUT2D eigenvalue weighted by atomic mass is 9.78. The van der Waals surface area contributed by atoms with Crippen molar-refractivity contribution in [2.75, 3.05) is 40.5 Å². The molecule has 1 amide bonds. The van der Waals surface area contributed by atoms with Gasteiger partial charge in [0.2, 0.25) is 0 Å². The van der Waals surface area contributed by atoms with Gasteiger partial charge >= 0.3 is 0 Å². The molecule has 1 aromatic heterocycles. The van der Waals surface area contributed by atoms with Gasteiger partial charge in [0.15, 0.2) is 5.69 Å². The van der Waals surface area contributed by atoms with E-state index in [1.807, 2.05) is 0 Å². The molecule has 1 aliphatic heterocycles. The van der Waals surface area contributed by atoms with Gasteiger partial charge in [0, 0.05) is 39.3 Å². The Bertz CT molecular complexity index is 531. The first kappa shape index (κ1) is 17.9. The highest BCUT2D eigenvalue weighted by atomic mass is 16.5. The molecule has 7 nitrogen and oxygen atoms in total. The van der Waals surface area contributed by atoms with Crippen LogP contribution in [0.1, 0.15) is 41.1 Å². The average molecular weight is 326 g/mol. The van der Waals surface area contributed by atoms with Crippen molar-refractivity contribution in [3.05, 3.63) is 17.0 Å². The summed E-state index contributed by atoms with van der Waals surface area (Å²) in [6, 6.07) is 0. The van der Waals surface area contributed by atoms with Crippen molar-refractivity contribution >= 4 is 5.91 Å². The molecule has 1 aromatic rings. The number of aryl methyl sites for hydroxylation is 1. The van der Waals surface area contributed by atoms with E-state index < -0.39 is 0 Å². The van der Waals surface area contributed by atoms with E-state index in [1.54, 1.807) is 26.0 Å². The highest BCUT2D eigenvalue weighted by molar-refractivity contribution is 5.93. The van der Waals surface area contributed by atoms with Crippen LogP contribution in [-0.2, 0) is 16.1 Å². The molecule has 1 fully saturated rings. The van der Waals surface area contributed by atoms with E-state index in [9.17, 15) is 9.90 Å². The van der Waals surface area contributed by atoms with E-state index in [0.717, 1.165) is 19.3 Å². The van der Waals surface area contributed by atoms with Gasteiger partial charge < -0.3 is 24.0 Å². The number of nitrogens with zero attached hydrogens (tertiary/aromatic N) is 2. The molecule has 0 radical (unpaired) electrons. The van der Waals surface area contributed by atoms with Crippen LogP contribution in [0, 0.1) is 12.3 Å². The molecule has 0 unspecified atom stereocenters. The summed E-state index contributed by atoms with van der Waals surface area (Å²) in [4.78, 5) is 14.6. The number of carbonyl (C=O) groups excluding carboxylic acids is 1. The summed E-state index contributed by atoms with van der Waals surface area (Å²) in [5, 5.41) is 13.7. The first-order valence-electron chi connectivity index (χ1n) is 7.90. The highest BCUT2D eigenvalue weighted by Gasteiger charge is 2.38. The number of piperidine rings is 1. The number of methoxy groups -OCH3 is 2. The molecule has 0 spiro atoms. The van der Waals surface area contributed by atoms with Crippen molar-refractivity contribution in [3.63, 3.8) is 0 Å². The van der Waals surface area contributed by atoms with E-state index in [0.29, 0.717) is 43.3 Å². The van der Waals surface area contributed by atoms with Crippen LogP contribution in [0.5, 0.6) is 0 Å². The van der Waals surface area contributed by atoms with E-state index >= 15 is 0 Å². The molecular formula is C16H26N2O5. The van der Waals surface area contributed by atoms with Gasteiger partial charge in [0.1, 0.15) is 5.76 Å². The van der Waals surface area contributed by atoms with Gasteiger partial charge in [-0.15, -0.1) is 0 Å². The van der Waals surface area contributed by atoms with Crippen LogP contribution in [0.25, 0.3) is 0 Å². The number of aliphatic hydroxyl groups is 1. The van der Waals surface area contributed by atoms with Crippen LogP contribution in [0.4, 0.5) is 0 Å². The molecule has 7 heteroatoms. The van der Waals surface area contributed by atoms with Gasteiger partial charge in [-0.2, -0.15) is 0 Å². The van der Waals surface area contributed by atoms with Crippen molar-refractivity contribution in [2.24, 2.45) is 5.41 Å². The summed E-state index contributed by atoms with van der Waals surface area (Å²) in [5.74, 6) is 0.434. The molecule has 1 aliphatic rings. The zero-order valence-corrected chi connectivity index (χ0v) is 14.1. The fraction of sp³-hybridized carbons (Fsp3) is 0.750. The van der Waals surface area contributed by atoms with Gasteiger partial charge in [-0.05, 0) is 26.2 Å². The van der Waals surface area contributed by atoms with Gasteiger partial charge in [0.25, 0.3) is 5.91 Å². The lowest BCUT2D eigenvalue weighted by Crippen LogP contribution is -2.48. The Morgan fingerprint density at radius 1 is 1.43 bits per heavy atom. The molecule has 1 atom stereocenters. The van der Waals surface area contributed by atoms with Gasteiger partial charge in [-0.1, -0.05) is 5.16 Å². The zero-order valence-electron chi connectivity index (χ0n) is 14.1. The SMILES string of the molecule is COCC[C@]1(CO)CCCN(C(=O)c2noc(C)c2COC)C1. The summed E-state index contributed by atoms with van der Waals surface area (Å²) in [7, 11) is 3.22. The molecule has 130 valence electrons. The molecule has 2 rings (SSSR count). The number of amides is 1. The van der Waals surface area contributed by atoms with Crippen molar-refractivity contribution in [1.29, 1.82) is 0 Å². The summed E-state index contributed by atoms with van der Waals surface area (Å²) in [6.45, 7) is 3.84. The molecule has 0 saturated carbocycles. The van der Waals surface area contributed by atoms with E-state index in [4.69, 9.17) is 14.0 Å². The zero-order chi connectivity index (χ0) is 16.9. The smallest absolute Gasteiger partial charge is 0.276 e. The molecule has 1 saturated heterocycles. The monoisotopic (exact) mass is 326 g/mol. The van der Waals surface area contributed by atoms with Crippen molar-refractivity contribution in [1.82, 2.24) is 10.1 Å². The van der Waals surface area contributed by atoms with Crippen molar-refractivity contribution in [3.8, 4) is 0 Å². The summed E-state index contributed by atoms with van der Waals surface area (Å²) in [5.41, 5.74) is 0.698. The van der Waals surface area contributed by atoms with Crippen molar-refractivity contribution in [2.45, 2.75) is 32.8 Å². The fourth-order valence-corrected chi connectivity index (χ4v) is 3.14. The van der Waals surface area contributed by atoms with Gasteiger partial charge in [-0.3, -0.25) is 4.79 Å². The predicted octanol–water partition coefficient (Wildman–Crippen LogP) is 1.38. The molecule has 2 heterocycles. The summed E-state index contributed by atoms with van der Waals surface area (Å²) >= 11 is 0. The number of aliphatic hydroxyl groups excluding tert-OH is 1. The number of rotatable bonds is 7. The Labute approximate surface area is 136 Å². The van der Waals surface area contributed by atoms with Crippen LogP contribution in [0.2, 0.25) is 0 Å². The minimum absolute atomic E-state index is 0.0446. The number of aromatic nitrogens is 1. The normalized spacial score (nSPS) is 21.7.